The number of aromatic nitrogens is 1. The number of nitrogen functional groups attached to an aromatic ring is 2. The molecule has 0 aliphatic rings. The predicted molar refractivity (Wildman–Crippen MR) is 79.7 cm³/mol. The number of nitrogens with zero attached hydrogens (tertiary/aromatic N) is 1. The SMILES string of the molecule is CCOc1ccc(N)c(SCc2cc(C(=O)NN)no2)c1. The molecule has 0 atom stereocenters. The fourth-order valence-corrected chi connectivity index (χ4v) is 2.47. The van der Waals surface area contributed by atoms with E-state index in [1.54, 1.807) is 6.07 Å². The lowest BCUT2D eigenvalue weighted by atomic mass is 10.3. The monoisotopic (exact) mass is 308 g/mol. The van der Waals surface area contributed by atoms with Gasteiger partial charge in [0.25, 0.3) is 5.91 Å². The molecule has 1 heterocycles. The zero-order valence-electron chi connectivity index (χ0n) is 11.5. The van der Waals surface area contributed by atoms with Gasteiger partial charge in [0.05, 0.1) is 12.4 Å². The van der Waals surface area contributed by atoms with E-state index in [0.29, 0.717) is 23.8 Å². The molecule has 1 amide bonds. The summed E-state index contributed by atoms with van der Waals surface area (Å²) in [5.74, 6) is 6.34. The number of nitrogens with two attached hydrogens (primary N) is 2. The lowest BCUT2D eigenvalue weighted by Crippen LogP contribution is -2.30. The number of carbonyl (C=O) groups excluding carboxylic acids is 1. The maximum Gasteiger partial charge on any atom is 0.287 e. The quantitative estimate of drug-likeness (QED) is 0.244. The molecule has 21 heavy (non-hydrogen) atoms. The van der Waals surface area contributed by atoms with E-state index in [2.05, 4.69) is 5.16 Å². The number of ether oxygens (including phenoxy) is 1. The van der Waals surface area contributed by atoms with Crippen molar-refractivity contribution in [1.29, 1.82) is 0 Å². The molecule has 2 rings (SSSR count). The van der Waals surface area contributed by atoms with Crippen molar-refractivity contribution in [2.75, 3.05) is 12.3 Å². The summed E-state index contributed by atoms with van der Waals surface area (Å²) in [6.07, 6.45) is 0. The van der Waals surface area contributed by atoms with Crippen LogP contribution in [-0.2, 0) is 5.75 Å². The molecule has 2 aromatic rings. The fraction of sp³-hybridized carbons (Fsp3) is 0.231. The molecule has 0 saturated heterocycles. The van der Waals surface area contributed by atoms with Gasteiger partial charge in [0.2, 0.25) is 0 Å². The maximum absolute atomic E-state index is 11.3. The van der Waals surface area contributed by atoms with Gasteiger partial charge in [-0.15, -0.1) is 11.8 Å². The van der Waals surface area contributed by atoms with Crippen LogP contribution in [0, 0.1) is 0 Å². The highest BCUT2D eigenvalue weighted by Crippen LogP contribution is 2.31. The maximum atomic E-state index is 11.3. The Morgan fingerprint density at radius 2 is 2.29 bits per heavy atom. The Balaban J connectivity index is 2.04. The molecule has 0 fully saturated rings. The standard InChI is InChI=1S/C13H16N4O3S/c1-2-19-8-3-4-10(14)12(6-8)21-7-9-5-11(17-20-9)13(18)16-15/h3-6H,2,7,14-15H2,1H3,(H,16,18). The first-order chi connectivity index (χ1) is 10.1. The van der Waals surface area contributed by atoms with Gasteiger partial charge in [0.1, 0.15) is 11.5 Å². The first-order valence-electron chi connectivity index (χ1n) is 6.25. The van der Waals surface area contributed by atoms with Crippen molar-refractivity contribution in [2.24, 2.45) is 5.84 Å². The summed E-state index contributed by atoms with van der Waals surface area (Å²) < 4.78 is 10.5. The van der Waals surface area contributed by atoms with Crippen LogP contribution in [-0.4, -0.2) is 17.7 Å². The number of hydrogen-bond acceptors (Lipinski definition) is 7. The lowest BCUT2D eigenvalue weighted by molar-refractivity contribution is 0.0944. The second-order valence-electron chi connectivity index (χ2n) is 4.07. The fourth-order valence-electron chi connectivity index (χ4n) is 1.61. The number of hydrazine groups is 1. The van der Waals surface area contributed by atoms with E-state index in [9.17, 15) is 4.79 Å². The average Bonchev–Trinajstić information content (AvgIpc) is 2.96. The molecular weight excluding hydrogens is 292 g/mol. The lowest BCUT2D eigenvalue weighted by Gasteiger charge is -2.08. The highest BCUT2D eigenvalue weighted by atomic mass is 32.2. The molecule has 8 heteroatoms. The smallest absolute Gasteiger partial charge is 0.287 e. The van der Waals surface area contributed by atoms with Gasteiger partial charge in [-0.1, -0.05) is 5.16 Å². The summed E-state index contributed by atoms with van der Waals surface area (Å²) in [6, 6.07) is 7.02. The van der Waals surface area contributed by atoms with Crippen LogP contribution in [0.4, 0.5) is 5.69 Å². The van der Waals surface area contributed by atoms with Crippen molar-refractivity contribution in [3.63, 3.8) is 0 Å². The van der Waals surface area contributed by atoms with Crippen molar-refractivity contribution >= 4 is 23.4 Å². The van der Waals surface area contributed by atoms with Crippen LogP contribution in [0.3, 0.4) is 0 Å². The molecule has 0 aliphatic heterocycles. The second-order valence-corrected chi connectivity index (χ2v) is 5.09. The van der Waals surface area contributed by atoms with Crippen molar-refractivity contribution in [3.05, 3.63) is 35.7 Å². The van der Waals surface area contributed by atoms with Gasteiger partial charge < -0.3 is 15.0 Å². The molecule has 112 valence electrons. The topological polar surface area (TPSA) is 116 Å². The molecule has 5 N–H and O–H groups in total. The van der Waals surface area contributed by atoms with Gasteiger partial charge in [0.15, 0.2) is 5.69 Å². The molecule has 7 nitrogen and oxygen atoms in total. The van der Waals surface area contributed by atoms with Crippen LogP contribution in [0.15, 0.2) is 33.7 Å². The van der Waals surface area contributed by atoms with Crippen LogP contribution >= 0.6 is 11.8 Å². The van der Waals surface area contributed by atoms with E-state index in [4.69, 9.17) is 20.8 Å². The Kier molecular flexibility index (Phi) is 5.07. The minimum atomic E-state index is -0.493. The minimum absolute atomic E-state index is 0.143. The van der Waals surface area contributed by atoms with Gasteiger partial charge in [0, 0.05) is 16.6 Å². The minimum Gasteiger partial charge on any atom is -0.494 e. The van der Waals surface area contributed by atoms with Crippen molar-refractivity contribution in [3.8, 4) is 5.75 Å². The van der Waals surface area contributed by atoms with E-state index in [0.717, 1.165) is 10.6 Å². The summed E-state index contributed by atoms with van der Waals surface area (Å²) in [5, 5.41) is 3.63. The van der Waals surface area contributed by atoms with Gasteiger partial charge >= 0.3 is 0 Å². The number of thioether (sulfide) groups is 1. The van der Waals surface area contributed by atoms with E-state index in [1.165, 1.54) is 17.8 Å². The van der Waals surface area contributed by atoms with E-state index in [-0.39, 0.29) is 5.69 Å². The van der Waals surface area contributed by atoms with Crippen molar-refractivity contribution in [1.82, 2.24) is 10.6 Å². The number of amides is 1. The number of rotatable bonds is 6. The first-order valence-corrected chi connectivity index (χ1v) is 7.24. The summed E-state index contributed by atoms with van der Waals surface area (Å²) in [6.45, 7) is 2.51. The van der Waals surface area contributed by atoms with Gasteiger partial charge in [-0.3, -0.25) is 10.2 Å². The van der Waals surface area contributed by atoms with E-state index in [1.807, 2.05) is 24.5 Å². The zero-order valence-corrected chi connectivity index (χ0v) is 12.3. The highest BCUT2D eigenvalue weighted by Gasteiger charge is 2.12. The summed E-state index contributed by atoms with van der Waals surface area (Å²) in [5.41, 5.74) is 8.71. The van der Waals surface area contributed by atoms with Crippen LogP contribution in [0.5, 0.6) is 5.75 Å². The molecule has 0 bridgehead atoms. The molecule has 1 aromatic heterocycles. The highest BCUT2D eigenvalue weighted by molar-refractivity contribution is 7.98. The molecule has 1 aromatic carbocycles. The molecular formula is C13H16N4O3S. The summed E-state index contributed by atoms with van der Waals surface area (Å²) >= 11 is 1.47. The van der Waals surface area contributed by atoms with Crippen LogP contribution < -0.4 is 21.7 Å². The molecule has 0 unspecified atom stereocenters. The molecule has 0 saturated carbocycles. The normalized spacial score (nSPS) is 10.4. The largest absolute Gasteiger partial charge is 0.494 e. The molecule has 0 aliphatic carbocycles. The van der Waals surface area contributed by atoms with Gasteiger partial charge in [-0.25, -0.2) is 5.84 Å². The first kappa shape index (κ1) is 15.2. The third-order valence-electron chi connectivity index (χ3n) is 2.59. The van der Waals surface area contributed by atoms with Crippen molar-refractivity contribution in [2.45, 2.75) is 17.6 Å². The Hall–Kier alpha value is -2.19. The summed E-state index contributed by atoms with van der Waals surface area (Å²) in [7, 11) is 0. The number of carbonyl (C=O) groups is 1. The third kappa shape index (κ3) is 3.89. The van der Waals surface area contributed by atoms with E-state index >= 15 is 0 Å². The number of benzene rings is 1. The van der Waals surface area contributed by atoms with E-state index < -0.39 is 5.91 Å². The Morgan fingerprint density at radius 3 is 3.00 bits per heavy atom. The van der Waals surface area contributed by atoms with Gasteiger partial charge in [-0.05, 0) is 25.1 Å². The zero-order chi connectivity index (χ0) is 15.2. The van der Waals surface area contributed by atoms with Crippen LogP contribution in [0.25, 0.3) is 0 Å². The van der Waals surface area contributed by atoms with Crippen LogP contribution in [0.2, 0.25) is 0 Å². The van der Waals surface area contributed by atoms with Crippen LogP contribution in [0.1, 0.15) is 23.2 Å². The average molecular weight is 308 g/mol. The molecule has 0 spiro atoms. The Labute approximate surface area is 126 Å². The predicted octanol–water partition coefficient (Wildman–Crippen LogP) is 1.55. The number of hydrogen-bond donors (Lipinski definition) is 3. The third-order valence-corrected chi connectivity index (χ3v) is 3.68. The Bertz CT molecular complexity index is 630. The number of nitrogens with one attached hydrogen (secondary N) is 1. The van der Waals surface area contributed by atoms with Crippen molar-refractivity contribution < 1.29 is 14.1 Å². The molecule has 0 radical (unpaired) electrons. The Morgan fingerprint density at radius 1 is 1.48 bits per heavy atom. The number of anilines is 1. The second kappa shape index (κ2) is 7.00. The van der Waals surface area contributed by atoms with Gasteiger partial charge in [-0.2, -0.15) is 0 Å². The summed E-state index contributed by atoms with van der Waals surface area (Å²) in [4.78, 5) is 12.1.